The lowest BCUT2D eigenvalue weighted by Gasteiger charge is -2.37. The molecular weight excluding hydrogens is 461 g/mol. The highest BCUT2D eigenvalue weighted by Gasteiger charge is 2.41. The number of aliphatic hydroxyl groups excluding tert-OH is 2. The quantitative estimate of drug-likeness (QED) is 0.681. The van der Waals surface area contributed by atoms with Gasteiger partial charge in [0.05, 0.1) is 19.0 Å². The number of halogens is 4. The lowest BCUT2D eigenvalue weighted by atomic mass is 10.0. The normalized spacial score (nSPS) is 24.9. The predicted molar refractivity (Wildman–Crippen MR) is 97.6 cm³/mol. The summed E-state index contributed by atoms with van der Waals surface area (Å²) in [7, 11) is 0. The molecule has 1 fully saturated rings. The van der Waals surface area contributed by atoms with Crippen molar-refractivity contribution in [3.63, 3.8) is 0 Å². The van der Waals surface area contributed by atoms with Gasteiger partial charge >= 0.3 is 6.18 Å². The third kappa shape index (κ3) is 5.35. The first kappa shape index (κ1) is 21.8. The summed E-state index contributed by atoms with van der Waals surface area (Å²) in [6.45, 7) is 1.68. The van der Waals surface area contributed by atoms with E-state index in [-0.39, 0.29) is 13.2 Å². The molecule has 158 valence electrons. The summed E-state index contributed by atoms with van der Waals surface area (Å²) >= 11 is 3.38. The molecule has 0 bridgehead atoms. The Balaban J connectivity index is 1.59. The average molecular weight is 479 g/mol. The van der Waals surface area contributed by atoms with E-state index in [9.17, 15) is 23.4 Å². The monoisotopic (exact) mass is 478 g/mol. The van der Waals surface area contributed by atoms with Crippen molar-refractivity contribution in [1.82, 2.24) is 9.97 Å². The van der Waals surface area contributed by atoms with Crippen molar-refractivity contribution in [2.24, 2.45) is 0 Å². The molecule has 0 radical (unpaired) electrons. The molecule has 0 aliphatic carbocycles. The van der Waals surface area contributed by atoms with Gasteiger partial charge in [0, 0.05) is 4.47 Å². The standard InChI is InChI=1S/C18H18BrF3N2O5/c1-9-4-10(2-3-11(9)19)27-7-12-16(25)17(26)13(8-28-12)29-15-6-23-5-14(24-15)18(20,21)22/h2-6,12-13,16-17,25-26H,7-8H2,1H3/t12-,13+,16+,17-/m1/s1. The molecule has 2 heterocycles. The third-order valence-electron chi connectivity index (χ3n) is 4.30. The van der Waals surface area contributed by atoms with Crippen LogP contribution in [0, 0.1) is 6.92 Å². The van der Waals surface area contributed by atoms with Crippen LogP contribution in [-0.2, 0) is 10.9 Å². The molecule has 0 spiro atoms. The van der Waals surface area contributed by atoms with Gasteiger partial charge in [-0.25, -0.2) is 4.98 Å². The van der Waals surface area contributed by atoms with Gasteiger partial charge in [0.15, 0.2) is 11.8 Å². The topological polar surface area (TPSA) is 93.9 Å². The average Bonchev–Trinajstić information content (AvgIpc) is 2.67. The summed E-state index contributed by atoms with van der Waals surface area (Å²) in [5.74, 6) is 0.133. The first-order chi connectivity index (χ1) is 13.6. The number of nitrogens with zero attached hydrogens (tertiary/aromatic N) is 2. The largest absolute Gasteiger partial charge is 0.491 e. The van der Waals surface area contributed by atoms with Crippen LogP contribution in [0.5, 0.6) is 11.6 Å². The lowest BCUT2D eigenvalue weighted by molar-refractivity contribution is -0.187. The number of hydrogen-bond acceptors (Lipinski definition) is 7. The molecule has 0 unspecified atom stereocenters. The highest BCUT2D eigenvalue weighted by molar-refractivity contribution is 9.10. The van der Waals surface area contributed by atoms with E-state index in [1.165, 1.54) is 0 Å². The number of ether oxygens (including phenoxy) is 3. The minimum atomic E-state index is -4.68. The summed E-state index contributed by atoms with van der Waals surface area (Å²) in [6, 6.07) is 5.35. The molecule has 1 aliphatic heterocycles. The van der Waals surface area contributed by atoms with Crippen LogP contribution >= 0.6 is 15.9 Å². The van der Waals surface area contributed by atoms with Crippen molar-refractivity contribution in [2.45, 2.75) is 37.5 Å². The molecule has 3 rings (SSSR count). The highest BCUT2D eigenvalue weighted by Crippen LogP contribution is 2.29. The van der Waals surface area contributed by atoms with Gasteiger partial charge in [-0.2, -0.15) is 13.2 Å². The third-order valence-corrected chi connectivity index (χ3v) is 5.19. The van der Waals surface area contributed by atoms with Crippen LogP contribution in [0.25, 0.3) is 0 Å². The molecule has 2 N–H and O–H groups in total. The van der Waals surface area contributed by atoms with Gasteiger partial charge in [0.25, 0.3) is 0 Å². The number of benzene rings is 1. The number of alkyl halides is 3. The van der Waals surface area contributed by atoms with E-state index in [1.54, 1.807) is 12.1 Å². The molecule has 7 nitrogen and oxygen atoms in total. The van der Waals surface area contributed by atoms with Crippen LogP contribution in [0.15, 0.2) is 35.1 Å². The zero-order chi connectivity index (χ0) is 21.2. The fourth-order valence-electron chi connectivity index (χ4n) is 2.69. The second kappa shape index (κ2) is 8.82. The fourth-order valence-corrected chi connectivity index (χ4v) is 2.93. The van der Waals surface area contributed by atoms with E-state index < -0.39 is 42.2 Å². The van der Waals surface area contributed by atoms with Crippen LogP contribution in [0.1, 0.15) is 11.3 Å². The molecular formula is C18H18BrF3N2O5. The Kier molecular flexibility index (Phi) is 6.62. The van der Waals surface area contributed by atoms with Crippen LogP contribution in [0.4, 0.5) is 13.2 Å². The van der Waals surface area contributed by atoms with Crippen molar-refractivity contribution in [1.29, 1.82) is 0 Å². The second-order valence-electron chi connectivity index (χ2n) is 6.47. The Morgan fingerprint density at radius 2 is 2.00 bits per heavy atom. The second-order valence-corrected chi connectivity index (χ2v) is 7.33. The van der Waals surface area contributed by atoms with Gasteiger partial charge in [-0.3, -0.25) is 4.98 Å². The predicted octanol–water partition coefficient (Wildman–Crippen LogP) is 2.51. The molecule has 11 heteroatoms. The van der Waals surface area contributed by atoms with Crippen molar-refractivity contribution in [2.75, 3.05) is 13.2 Å². The maximum atomic E-state index is 12.7. The summed E-state index contributed by atoms with van der Waals surface area (Å²) in [5.41, 5.74) is -0.263. The molecule has 0 amide bonds. The van der Waals surface area contributed by atoms with E-state index in [1.807, 2.05) is 13.0 Å². The molecule has 1 saturated heterocycles. The summed E-state index contributed by atoms with van der Waals surface area (Å²) in [5, 5.41) is 20.6. The number of aryl methyl sites for hydroxylation is 1. The first-order valence-corrected chi connectivity index (χ1v) is 9.37. The molecule has 0 saturated carbocycles. The van der Waals surface area contributed by atoms with E-state index in [0.29, 0.717) is 11.9 Å². The van der Waals surface area contributed by atoms with E-state index in [0.717, 1.165) is 16.2 Å². The van der Waals surface area contributed by atoms with Gasteiger partial charge in [0.1, 0.15) is 30.7 Å². The SMILES string of the molecule is Cc1cc(OC[C@H]2OC[C@H](Oc3cncc(C(F)(F)F)n3)[C@@H](O)[C@H]2O)ccc1Br. The van der Waals surface area contributed by atoms with Crippen LogP contribution in [0.2, 0.25) is 0 Å². The lowest BCUT2D eigenvalue weighted by Crippen LogP contribution is -2.56. The minimum absolute atomic E-state index is 0.0324. The van der Waals surface area contributed by atoms with Crippen molar-refractivity contribution in [3.05, 3.63) is 46.3 Å². The maximum Gasteiger partial charge on any atom is 0.435 e. The van der Waals surface area contributed by atoms with Crippen molar-refractivity contribution >= 4 is 15.9 Å². The minimum Gasteiger partial charge on any atom is -0.491 e. The Bertz CT molecular complexity index is 854. The smallest absolute Gasteiger partial charge is 0.435 e. The van der Waals surface area contributed by atoms with Gasteiger partial charge in [-0.1, -0.05) is 15.9 Å². The van der Waals surface area contributed by atoms with E-state index in [2.05, 4.69) is 25.9 Å². The molecule has 1 aromatic heterocycles. The molecule has 4 atom stereocenters. The molecule has 29 heavy (non-hydrogen) atoms. The first-order valence-electron chi connectivity index (χ1n) is 8.57. The summed E-state index contributed by atoms with van der Waals surface area (Å²) in [4.78, 5) is 6.76. The summed E-state index contributed by atoms with van der Waals surface area (Å²) in [6.07, 6.45) is -7.88. The summed E-state index contributed by atoms with van der Waals surface area (Å²) < 4.78 is 55.4. The van der Waals surface area contributed by atoms with E-state index in [4.69, 9.17) is 14.2 Å². The highest BCUT2D eigenvalue weighted by atomic mass is 79.9. The van der Waals surface area contributed by atoms with Crippen LogP contribution in [0.3, 0.4) is 0 Å². The van der Waals surface area contributed by atoms with Gasteiger partial charge in [-0.15, -0.1) is 0 Å². The zero-order valence-corrected chi connectivity index (χ0v) is 16.7. The van der Waals surface area contributed by atoms with Crippen molar-refractivity contribution < 1.29 is 37.6 Å². The Hall–Kier alpha value is -1.95. The maximum absolute atomic E-state index is 12.7. The molecule has 2 aromatic rings. The van der Waals surface area contributed by atoms with Gasteiger partial charge in [-0.05, 0) is 30.7 Å². The van der Waals surface area contributed by atoms with E-state index >= 15 is 0 Å². The molecule has 1 aromatic carbocycles. The number of rotatable bonds is 5. The Morgan fingerprint density at radius 1 is 1.24 bits per heavy atom. The Labute approximate surface area is 172 Å². The number of aromatic nitrogens is 2. The van der Waals surface area contributed by atoms with Crippen molar-refractivity contribution in [3.8, 4) is 11.6 Å². The van der Waals surface area contributed by atoms with Crippen LogP contribution < -0.4 is 9.47 Å². The van der Waals surface area contributed by atoms with Gasteiger partial charge in [0.2, 0.25) is 5.88 Å². The number of aliphatic hydroxyl groups is 2. The number of hydrogen-bond donors (Lipinski definition) is 2. The van der Waals surface area contributed by atoms with Crippen LogP contribution in [-0.4, -0.2) is 57.8 Å². The Morgan fingerprint density at radius 3 is 2.69 bits per heavy atom. The fraction of sp³-hybridized carbons (Fsp3) is 0.444. The molecule has 1 aliphatic rings. The zero-order valence-electron chi connectivity index (χ0n) is 15.1. The van der Waals surface area contributed by atoms with Gasteiger partial charge < -0.3 is 24.4 Å².